The fourth-order valence-corrected chi connectivity index (χ4v) is 6.96. The summed E-state index contributed by atoms with van der Waals surface area (Å²) in [6.07, 6.45) is 9.93. The SMILES string of the molecule is CN(C(=O)c1ccccc1Cl)C1CCc2ccc(C(=O)N3CCC4(CC3)CCN(c3ccncc3)CC4)cc21. The van der Waals surface area contributed by atoms with Gasteiger partial charge in [0.25, 0.3) is 11.8 Å². The number of nitrogens with zero attached hydrogens (tertiary/aromatic N) is 4. The van der Waals surface area contributed by atoms with Crippen molar-refractivity contribution in [3.8, 4) is 0 Å². The molecule has 202 valence electrons. The van der Waals surface area contributed by atoms with Crippen molar-refractivity contribution in [1.82, 2.24) is 14.8 Å². The number of benzene rings is 2. The molecule has 3 aliphatic rings. The largest absolute Gasteiger partial charge is 0.371 e. The molecule has 2 amide bonds. The van der Waals surface area contributed by atoms with E-state index in [2.05, 4.69) is 28.1 Å². The summed E-state index contributed by atoms with van der Waals surface area (Å²) in [6, 6.07) is 17.4. The van der Waals surface area contributed by atoms with Crippen molar-refractivity contribution in [3.05, 3.63) is 94.3 Å². The molecule has 6 nitrogen and oxygen atoms in total. The molecular weight excluding hydrogens is 508 g/mol. The van der Waals surface area contributed by atoms with Crippen molar-refractivity contribution in [2.75, 3.05) is 38.1 Å². The van der Waals surface area contributed by atoms with Crippen molar-refractivity contribution in [3.63, 3.8) is 0 Å². The molecule has 3 aromatic rings. The van der Waals surface area contributed by atoms with Gasteiger partial charge < -0.3 is 14.7 Å². The van der Waals surface area contributed by atoms with Gasteiger partial charge in [-0.2, -0.15) is 0 Å². The summed E-state index contributed by atoms with van der Waals surface area (Å²) in [5, 5.41) is 0.461. The Morgan fingerprint density at radius 2 is 1.64 bits per heavy atom. The van der Waals surface area contributed by atoms with Crippen LogP contribution in [0.5, 0.6) is 0 Å². The van der Waals surface area contributed by atoms with E-state index < -0.39 is 0 Å². The standard InChI is InChI=1S/C32H35ClN4O2/c1-35(31(39)26-4-2-3-5-28(26)33)29-9-8-23-6-7-24(22-27(23)29)30(38)37-20-14-32(15-21-37)12-18-36(19-13-32)25-10-16-34-17-11-25/h2-7,10-11,16-17,22,29H,8-9,12-15,18-21H2,1H3. The minimum absolute atomic E-state index is 0.0632. The maximum absolute atomic E-state index is 13.6. The molecule has 0 bridgehead atoms. The average Bonchev–Trinajstić information content (AvgIpc) is 3.41. The average molecular weight is 543 g/mol. The van der Waals surface area contributed by atoms with Gasteiger partial charge in [0.2, 0.25) is 0 Å². The van der Waals surface area contributed by atoms with Crippen LogP contribution in [0.25, 0.3) is 0 Å². The summed E-state index contributed by atoms with van der Waals surface area (Å²) in [7, 11) is 1.84. The Labute approximate surface area is 235 Å². The molecule has 0 N–H and O–H groups in total. The molecule has 39 heavy (non-hydrogen) atoms. The highest BCUT2D eigenvalue weighted by molar-refractivity contribution is 6.33. The van der Waals surface area contributed by atoms with Crippen molar-refractivity contribution < 1.29 is 9.59 Å². The van der Waals surface area contributed by atoms with Crippen molar-refractivity contribution in [1.29, 1.82) is 0 Å². The van der Waals surface area contributed by atoms with Gasteiger partial charge >= 0.3 is 0 Å². The fourth-order valence-electron chi connectivity index (χ4n) is 6.74. The second-order valence-electron chi connectivity index (χ2n) is 11.3. The van der Waals surface area contributed by atoms with Crippen LogP contribution in [0.2, 0.25) is 5.02 Å². The van der Waals surface area contributed by atoms with E-state index in [-0.39, 0.29) is 17.9 Å². The normalized spacial score (nSPS) is 20.1. The number of halogens is 1. The number of hydrogen-bond donors (Lipinski definition) is 0. The third-order valence-electron chi connectivity index (χ3n) is 9.29. The summed E-state index contributed by atoms with van der Waals surface area (Å²) in [5.41, 5.74) is 5.13. The van der Waals surface area contributed by atoms with E-state index in [1.165, 1.54) is 24.1 Å². The first-order valence-electron chi connectivity index (χ1n) is 14.0. The van der Waals surface area contributed by atoms with E-state index in [0.717, 1.165) is 63.0 Å². The molecule has 7 heteroatoms. The Balaban J connectivity index is 1.10. The van der Waals surface area contributed by atoms with Crippen LogP contribution in [0.15, 0.2) is 67.0 Å². The van der Waals surface area contributed by atoms with E-state index in [1.807, 2.05) is 48.6 Å². The number of aryl methyl sites for hydroxylation is 1. The van der Waals surface area contributed by atoms with Crippen LogP contribution >= 0.6 is 11.6 Å². The first kappa shape index (κ1) is 25.9. The van der Waals surface area contributed by atoms with Gasteiger partial charge in [-0.1, -0.05) is 29.8 Å². The summed E-state index contributed by atoms with van der Waals surface area (Å²) >= 11 is 6.31. The Hall–Kier alpha value is -3.38. The molecule has 1 unspecified atom stereocenters. The number of rotatable bonds is 4. The maximum Gasteiger partial charge on any atom is 0.255 e. The van der Waals surface area contributed by atoms with E-state index in [1.54, 1.807) is 17.0 Å². The second kappa shape index (κ2) is 10.6. The molecule has 3 heterocycles. The summed E-state index contributed by atoms with van der Waals surface area (Å²) < 4.78 is 0. The molecule has 2 saturated heterocycles. The quantitative estimate of drug-likeness (QED) is 0.405. The van der Waals surface area contributed by atoms with Gasteiger partial charge in [0, 0.05) is 56.9 Å². The van der Waals surface area contributed by atoms with Crippen LogP contribution in [-0.2, 0) is 6.42 Å². The second-order valence-corrected chi connectivity index (χ2v) is 11.8. The van der Waals surface area contributed by atoms with Crippen LogP contribution in [-0.4, -0.2) is 59.8 Å². The molecule has 2 fully saturated rings. The number of aromatic nitrogens is 1. The van der Waals surface area contributed by atoms with Gasteiger partial charge in [0.15, 0.2) is 0 Å². The first-order valence-corrected chi connectivity index (χ1v) is 14.4. The lowest BCUT2D eigenvalue weighted by atomic mass is 9.71. The van der Waals surface area contributed by atoms with Gasteiger partial charge in [0.1, 0.15) is 0 Å². The minimum Gasteiger partial charge on any atom is -0.371 e. The zero-order valence-corrected chi connectivity index (χ0v) is 23.2. The minimum atomic E-state index is -0.0912. The van der Waals surface area contributed by atoms with Gasteiger partial charge in [-0.05, 0) is 91.5 Å². The van der Waals surface area contributed by atoms with E-state index >= 15 is 0 Å². The van der Waals surface area contributed by atoms with Gasteiger partial charge in [-0.3, -0.25) is 14.6 Å². The molecule has 1 spiro atoms. The third-order valence-corrected chi connectivity index (χ3v) is 9.62. The van der Waals surface area contributed by atoms with Gasteiger partial charge in [-0.25, -0.2) is 0 Å². The Bertz CT molecular complexity index is 1360. The summed E-state index contributed by atoms with van der Waals surface area (Å²) in [5.74, 6) is 0.0130. The van der Waals surface area contributed by atoms with Gasteiger partial charge in [-0.15, -0.1) is 0 Å². The first-order chi connectivity index (χ1) is 18.9. The molecule has 1 aromatic heterocycles. The molecule has 1 atom stereocenters. The number of likely N-dealkylation sites (tertiary alicyclic amines) is 1. The number of anilines is 1. The Kier molecular flexibility index (Phi) is 7.06. The number of fused-ring (bicyclic) bond motifs is 1. The number of pyridine rings is 1. The van der Waals surface area contributed by atoms with Crippen LogP contribution < -0.4 is 4.90 Å². The number of carbonyl (C=O) groups is 2. The lowest BCUT2D eigenvalue weighted by Gasteiger charge is -2.47. The predicted molar refractivity (Wildman–Crippen MR) is 154 cm³/mol. The Morgan fingerprint density at radius 3 is 2.36 bits per heavy atom. The van der Waals surface area contributed by atoms with E-state index in [0.29, 0.717) is 16.0 Å². The molecule has 2 aromatic carbocycles. The van der Waals surface area contributed by atoms with Gasteiger partial charge in [0.05, 0.1) is 16.6 Å². The highest BCUT2D eigenvalue weighted by Gasteiger charge is 2.39. The highest BCUT2D eigenvalue weighted by atomic mass is 35.5. The van der Waals surface area contributed by atoms with E-state index in [4.69, 9.17) is 11.6 Å². The lowest BCUT2D eigenvalue weighted by Crippen LogP contribution is -2.48. The van der Waals surface area contributed by atoms with Crippen molar-refractivity contribution >= 4 is 29.1 Å². The monoisotopic (exact) mass is 542 g/mol. The zero-order valence-electron chi connectivity index (χ0n) is 22.5. The topological polar surface area (TPSA) is 56.8 Å². The molecule has 0 radical (unpaired) electrons. The van der Waals surface area contributed by atoms with Crippen LogP contribution in [0.3, 0.4) is 0 Å². The Morgan fingerprint density at radius 1 is 0.949 bits per heavy atom. The molecular formula is C32H35ClN4O2. The molecule has 2 aliphatic heterocycles. The smallest absolute Gasteiger partial charge is 0.255 e. The molecule has 6 rings (SSSR count). The summed E-state index contributed by atoms with van der Waals surface area (Å²) in [4.78, 5) is 37.2. The van der Waals surface area contributed by atoms with Crippen LogP contribution in [0.1, 0.15) is 70.0 Å². The van der Waals surface area contributed by atoms with E-state index in [9.17, 15) is 9.59 Å². The number of amides is 2. The van der Waals surface area contributed by atoms with Crippen LogP contribution in [0.4, 0.5) is 5.69 Å². The molecule has 0 saturated carbocycles. The zero-order chi connectivity index (χ0) is 27.0. The predicted octanol–water partition coefficient (Wildman–Crippen LogP) is 6.02. The number of piperidine rings is 2. The third kappa shape index (κ3) is 5.03. The van der Waals surface area contributed by atoms with Crippen molar-refractivity contribution in [2.24, 2.45) is 5.41 Å². The number of carbonyl (C=O) groups excluding carboxylic acids is 2. The molecule has 1 aliphatic carbocycles. The van der Waals surface area contributed by atoms with Crippen molar-refractivity contribution in [2.45, 2.75) is 44.6 Å². The highest BCUT2D eigenvalue weighted by Crippen LogP contribution is 2.43. The van der Waals surface area contributed by atoms with Crippen LogP contribution in [0, 0.1) is 5.41 Å². The maximum atomic E-state index is 13.6. The lowest BCUT2D eigenvalue weighted by molar-refractivity contribution is 0.0515. The summed E-state index contributed by atoms with van der Waals surface area (Å²) in [6.45, 7) is 3.73. The fraction of sp³-hybridized carbons (Fsp3) is 0.406. The number of hydrogen-bond acceptors (Lipinski definition) is 4.